The number of amides is 1. The van der Waals surface area contributed by atoms with E-state index in [-0.39, 0.29) is 30.9 Å². The van der Waals surface area contributed by atoms with Gasteiger partial charge in [0.15, 0.2) is 0 Å². The smallest absolute Gasteiger partial charge is 0.306 e. The summed E-state index contributed by atoms with van der Waals surface area (Å²) in [4.78, 5) is 50.3. The molecule has 0 unspecified atom stereocenters. The van der Waals surface area contributed by atoms with Gasteiger partial charge in [-0.3, -0.25) is 14.0 Å². The monoisotopic (exact) mass is 583 g/mol. The van der Waals surface area contributed by atoms with E-state index in [9.17, 15) is 18.8 Å². The lowest BCUT2D eigenvalue weighted by Crippen LogP contribution is -2.46. The zero-order chi connectivity index (χ0) is 30.0. The number of fused-ring (bicyclic) bond motifs is 5. The number of aromatic nitrogens is 2. The van der Waals surface area contributed by atoms with Crippen LogP contribution in [0.25, 0.3) is 11.0 Å². The zero-order valence-corrected chi connectivity index (χ0v) is 25.0. The lowest BCUT2D eigenvalue weighted by atomic mass is 9.77. The highest BCUT2D eigenvalue weighted by Crippen LogP contribution is 2.40. The van der Waals surface area contributed by atoms with Crippen LogP contribution in [-0.2, 0) is 25.5 Å². The van der Waals surface area contributed by atoms with Gasteiger partial charge in [0.05, 0.1) is 55.7 Å². The van der Waals surface area contributed by atoms with E-state index in [0.29, 0.717) is 41.1 Å². The number of carbonyl (C=O) groups excluding carboxylic acids is 3. The molecule has 9 nitrogen and oxygen atoms in total. The molecule has 1 aliphatic carbocycles. The highest BCUT2D eigenvalue weighted by molar-refractivity contribution is 5.87. The van der Waals surface area contributed by atoms with Crippen LogP contribution in [0.1, 0.15) is 71.4 Å². The van der Waals surface area contributed by atoms with E-state index in [1.54, 1.807) is 13.2 Å². The van der Waals surface area contributed by atoms with Crippen LogP contribution in [0.4, 0.5) is 4.39 Å². The summed E-state index contributed by atoms with van der Waals surface area (Å²) in [6, 6.07) is 4.42. The molecule has 1 saturated heterocycles. The molecular weight excluding hydrogens is 541 g/mol. The van der Waals surface area contributed by atoms with Gasteiger partial charge < -0.3 is 23.9 Å². The molecule has 0 spiro atoms. The Balaban J connectivity index is 1.50. The minimum Gasteiger partial charge on any atom is -0.497 e. The number of aldehydes is 1. The lowest BCUT2D eigenvalue weighted by molar-refractivity contribution is -0.153. The SMILES string of the molecule is COc1ccc2nc3c(nc2c1)O[C@H]1CN(C(=O)[C@H](C(C)(C)C)CC(=O)O[C@@H]2C[C@H]2CCCCCC3)[C@H](C=O)[C@@H]1CF. The number of ether oxygens (including phenoxy) is 3. The number of carbonyl (C=O) groups is 3. The molecule has 2 aromatic rings. The Morgan fingerprint density at radius 3 is 2.57 bits per heavy atom. The lowest BCUT2D eigenvalue weighted by Gasteiger charge is -2.34. The summed E-state index contributed by atoms with van der Waals surface area (Å²) < 4.78 is 32.0. The molecular formula is C32H42FN3O6. The van der Waals surface area contributed by atoms with Crippen molar-refractivity contribution in [2.75, 3.05) is 20.3 Å². The van der Waals surface area contributed by atoms with E-state index in [1.165, 1.54) is 4.90 Å². The van der Waals surface area contributed by atoms with Gasteiger partial charge in [0, 0.05) is 6.07 Å². The van der Waals surface area contributed by atoms with Crippen molar-refractivity contribution < 1.29 is 33.0 Å². The van der Waals surface area contributed by atoms with Crippen LogP contribution in [-0.4, -0.2) is 71.6 Å². The maximum Gasteiger partial charge on any atom is 0.306 e. The second-order valence-electron chi connectivity index (χ2n) is 13.0. The first kappa shape index (κ1) is 30.2. The normalized spacial score (nSPS) is 29.3. The summed E-state index contributed by atoms with van der Waals surface area (Å²) in [6.07, 6.45) is 6.09. The Labute approximate surface area is 246 Å². The fourth-order valence-electron chi connectivity index (χ4n) is 6.28. The standard InChI is InChI=1S/C32H42FN3O6/c1-32(2,3)22-15-29(38)41-27-13-19(27)9-7-5-6-8-10-24-30(35-25-14-20(40-4)11-12-23(25)34-24)42-28-17-36(31(22)39)26(18-37)21(28)16-33/h11-12,14,18-19,21-22,26-28H,5-10,13,15-17H2,1-4H3/t19-,21+,22-,26-,27-,28+/m1/s1. The molecule has 42 heavy (non-hydrogen) atoms. The van der Waals surface area contributed by atoms with Crippen molar-refractivity contribution in [1.82, 2.24) is 14.9 Å². The molecule has 2 bridgehead atoms. The highest BCUT2D eigenvalue weighted by Gasteiger charge is 2.49. The van der Waals surface area contributed by atoms with Crippen LogP contribution in [0.5, 0.6) is 11.6 Å². The fraction of sp³-hybridized carbons (Fsp3) is 0.656. The van der Waals surface area contributed by atoms with E-state index >= 15 is 0 Å². The first-order chi connectivity index (χ1) is 20.1. The summed E-state index contributed by atoms with van der Waals surface area (Å²) in [5.74, 6) is -1.13. The number of rotatable bonds is 3. The van der Waals surface area contributed by atoms with E-state index in [0.717, 1.165) is 38.5 Å². The number of esters is 1. The van der Waals surface area contributed by atoms with Gasteiger partial charge in [-0.1, -0.05) is 40.0 Å². The molecule has 1 aromatic carbocycles. The summed E-state index contributed by atoms with van der Waals surface area (Å²) >= 11 is 0. The Hall–Kier alpha value is -3.30. The van der Waals surface area contributed by atoms with E-state index in [1.807, 2.05) is 32.9 Å². The minimum absolute atomic E-state index is 0.000418. The van der Waals surface area contributed by atoms with Crippen molar-refractivity contribution in [2.45, 2.75) is 90.4 Å². The van der Waals surface area contributed by atoms with Gasteiger partial charge in [-0.2, -0.15) is 0 Å². The molecule has 1 amide bonds. The zero-order valence-electron chi connectivity index (χ0n) is 25.0. The van der Waals surface area contributed by atoms with Gasteiger partial charge in [-0.15, -0.1) is 0 Å². The van der Waals surface area contributed by atoms with Crippen molar-refractivity contribution >= 4 is 29.2 Å². The molecule has 0 N–H and O–H groups in total. The molecule has 228 valence electrons. The fourth-order valence-corrected chi connectivity index (χ4v) is 6.28. The number of hydrogen-bond donors (Lipinski definition) is 0. The number of alkyl halides is 1. The third-order valence-corrected chi connectivity index (χ3v) is 9.02. The Bertz CT molecular complexity index is 1310. The maximum absolute atomic E-state index is 14.6. The molecule has 1 saturated carbocycles. The number of benzene rings is 1. The van der Waals surface area contributed by atoms with Crippen LogP contribution in [0.3, 0.4) is 0 Å². The number of nitrogens with zero attached hydrogens (tertiary/aromatic N) is 3. The second kappa shape index (κ2) is 12.5. The third-order valence-electron chi connectivity index (χ3n) is 9.02. The summed E-state index contributed by atoms with van der Waals surface area (Å²) in [5, 5.41) is 0. The van der Waals surface area contributed by atoms with Crippen molar-refractivity contribution in [3.63, 3.8) is 0 Å². The van der Waals surface area contributed by atoms with Crippen LogP contribution in [0.2, 0.25) is 0 Å². The van der Waals surface area contributed by atoms with Crippen LogP contribution in [0.15, 0.2) is 18.2 Å². The molecule has 10 heteroatoms. The molecule has 0 radical (unpaired) electrons. The van der Waals surface area contributed by atoms with Gasteiger partial charge in [0.1, 0.15) is 29.9 Å². The Kier molecular flexibility index (Phi) is 8.99. The summed E-state index contributed by atoms with van der Waals surface area (Å²) in [7, 11) is 1.57. The molecule has 2 fully saturated rings. The average molecular weight is 584 g/mol. The topological polar surface area (TPSA) is 108 Å². The van der Waals surface area contributed by atoms with Crippen molar-refractivity contribution in [3.05, 3.63) is 23.9 Å². The van der Waals surface area contributed by atoms with Crippen LogP contribution in [0, 0.1) is 23.2 Å². The quantitative estimate of drug-likeness (QED) is 0.372. The van der Waals surface area contributed by atoms with Crippen LogP contribution < -0.4 is 9.47 Å². The second-order valence-corrected chi connectivity index (χ2v) is 13.0. The van der Waals surface area contributed by atoms with Gasteiger partial charge in [0.2, 0.25) is 11.8 Å². The predicted octanol–water partition coefficient (Wildman–Crippen LogP) is 4.87. The molecule has 1 aromatic heterocycles. The van der Waals surface area contributed by atoms with Gasteiger partial charge in [0.25, 0.3) is 0 Å². The van der Waals surface area contributed by atoms with E-state index in [4.69, 9.17) is 24.2 Å². The average Bonchev–Trinajstić information content (AvgIpc) is 3.59. The van der Waals surface area contributed by atoms with Gasteiger partial charge in [-0.05, 0) is 49.1 Å². The van der Waals surface area contributed by atoms with Gasteiger partial charge in [-0.25, -0.2) is 9.97 Å². The number of aryl methyl sites for hydroxylation is 1. The number of methoxy groups -OCH3 is 1. The molecule has 6 atom stereocenters. The van der Waals surface area contributed by atoms with Crippen LogP contribution >= 0.6 is 0 Å². The number of hydrogen-bond acceptors (Lipinski definition) is 8. The van der Waals surface area contributed by atoms with Gasteiger partial charge >= 0.3 is 5.97 Å². The Morgan fingerprint density at radius 1 is 1.07 bits per heavy atom. The molecule has 5 rings (SSSR count). The molecule has 3 aliphatic rings. The van der Waals surface area contributed by atoms with Crippen molar-refractivity contribution in [3.8, 4) is 11.6 Å². The van der Waals surface area contributed by atoms with Crippen molar-refractivity contribution in [2.24, 2.45) is 23.2 Å². The summed E-state index contributed by atoms with van der Waals surface area (Å²) in [6.45, 7) is 4.80. The first-order valence-corrected chi connectivity index (χ1v) is 15.2. The largest absolute Gasteiger partial charge is 0.497 e. The first-order valence-electron chi connectivity index (χ1n) is 15.2. The van der Waals surface area contributed by atoms with Crippen molar-refractivity contribution in [1.29, 1.82) is 0 Å². The van der Waals surface area contributed by atoms with E-state index in [2.05, 4.69) is 0 Å². The summed E-state index contributed by atoms with van der Waals surface area (Å²) in [5.41, 5.74) is 1.35. The maximum atomic E-state index is 14.6. The molecule has 3 heterocycles. The minimum atomic E-state index is -1.02. The van der Waals surface area contributed by atoms with E-state index < -0.39 is 42.0 Å². The highest BCUT2D eigenvalue weighted by atomic mass is 19.1. The number of halogens is 1. The molecule has 2 aliphatic heterocycles. The third kappa shape index (κ3) is 6.52. The predicted molar refractivity (Wildman–Crippen MR) is 154 cm³/mol. The Morgan fingerprint density at radius 2 is 1.86 bits per heavy atom.